The lowest BCUT2D eigenvalue weighted by molar-refractivity contribution is -0.126. The van der Waals surface area contributed by atoms with Crippen LogP contribution in [0.15, 0.2) is 47.4 Å². The fourth-order valence-corrected chi connectivity index (χ4v) is 3.92. The Labute approximate surface area is 167 Å². The monoisotopic (exact) mass is 398 g/mol. The SMILES string of the molecule is Cc1cccc(/C=C2\SC(=S)N(CC(=O)Nc3ccc(O)cc3C)C2=O)c1. The van der Waals surface area contributed by atoms with Crippen molar-refractivity contribution in [1.82, 2.24) is 4.90 Å². The van der Waals surface area contributed by atoms with Gasteiger partial charge in [0.05, 0.1) is 4.91 Å². The first-order chi connectivity index (χ1) is 12.8. The number of nitrogens with zero attached hydrogens (tertiary/aromatic N) is 1. The largest absolute Gasteiger partial charge is 0.508 e. The number of aromatic hydroxyl groups is 1. The first-order valence-corrected chi connectivity index (χ1v) is 9.47. The van der Waals surface area contributed by atoms with E-state index in [1.807, 2.05) is 31.2 Å². The van der Waals surface area contributed by atoms with E-state index in [2.05, 4.69) is 5.32 Å². The molecule has 2 N–H and O–H groups in total. The van der Waals surface area contributed by atoms with Gasteiger partial charge < -0.3 is 10.4 Å². The van der Waals surface area contributed by atoms with Crippen LogP contribution in [-0.4, -0.2) is 32.7 Å². The van der Waals surface area contributed by atoms with Crippen LogP contribution in [-0.2, 0) is 9.59 Å². The third-order valence-electron chi connectivity index (χ3n) is 4.00. The van der Waals surface area contributed by atoms with Crippen molar-refractivity contribution in [3.8, 4) is 5.75 Å². The number of hydrogen-bond acceptors (Lipinski definition) is 5. The van der Waals surface area contributed by atoms with Gasteiger partial charge in [0, 0.05) is 5.69 Å². The Morgan fingerprint density at radius 3 is 2.74 bits per heavy atom. The van der Waals surface area contributed by atoms with Crippen LogP contribution in [0.25, 0.3) is 6.08 Å². The molecule has 3 rings (SSSR count). The van der Waals surface area contributed by atoms with Gasteiger partial charge in [-0.05, 0) is 49.2 Å². The molecule has 2 aromatic carbocycles. The maximum absolute atomic E-state index is 12.6. The third kappa shape index (κ3) is 4.56. The molecule has 0 aliphatic carbocycles. The van der Waals surface area contributed by atoms with Crippen molar-refractivity contribution in [2.45, 2.75) is 13.8 Å². The molecule has 0 aromatic heterocycles. The number of nitrogens with one attached hydrogen (secondary N) is 1. The molecule has 27 heavy (non-hydrogen) atoms. The van der Waals surface area contributed by atoms with Gasteiger partial charge in [-0.25, -0.2) is 0 Å². The predicted molar refractivity (Wildman–Crippen MR) is 113 cm³/mol. The summed E-state index contributed by atoms with van der Waals surface area (Å²) in [6, 6.07) is 12.5. The molecule has 0 radical (unpaired) electrons. The van der Waals surface area contributed by atoms with Crippen LogP contribution in [0.2, 0.25) is 0 Å². The normalized spacial score (nSPS) is 15.5. The highest BCUT2D eigenvalue weighted by molar-refractivity contribution is 8.26. The van der Waals surface area contributed by atoms with Crippen LogP contribution < -0.4 is 5.32 Å². The van der Waals surface area contributed by atoms with Gasteiger partial charge in [0.15, 0.2) is 0 Å². The molecule has 1 aliphatic rings. The number of amides is 2. The minimum Gasteiger partial charge on any atom is -0.508 e. The van der Waals surface area contributed by atoms with E-state index >= 15 is 0 Å². The van der Waals surface area contributed by atoms with Crippen molar-refractivity contribution >= 4 is 51.9 Å². The molecule has 1 aliphatic heterocycles. The van der Waals surface area contributed by atoms with E-state index in [1.54, 1.807) is 25.1 Å². The highest BCUT2D eigenvalue weighted by Crippen LogP contribution is 2.32. The Morgan fingerprint density at radius 1 is 1.26 bits per heavy atom. The molecule has 5 nitrogen and oxygen atoms in total. The first-order valence-electron chi connectivity index (χ1n) is 8.25. The Bertz CT molecular complexity index is 969. The van der Waals surface area contributed by atoms with Crippen LogP contribution in [0.5, 0.6) is 5.75 Å². The summed E-state index contributed by atoms with van der Waals surface area (Å²) >= 11 is 6.47. The number of benzene rings is 2. The quantitative estimate of drug-likeness (QED) is 0.465. The van der Waals surface area contributed by atoms with Gasteiger partial charge in [0.1, 0.15) is 16.6 Å². The molecule has 0 unspecified atom stereocenters. The van der Waals surface area contributed by atoms with Crippen molar-refractivity contribution in [2.75, 3.05) is 11.9 Å². The summed E-state index contributed by atoms with van der Waals surface area (Å²) in [4.78, 5) is 26.8. The van der Waals surface area contributed by atoms with Gasteiger partial charge >= 0.3 is 0 Å². The van der Waals surface area contributed by atoms with Crippen LogP contribution in [0.1, 0.15) is 16.7 Å². The fourth-order valence-electron chi connectivity index (χ4n) is 2.67. The molecular formula is C20H18N2O3S2. The minimum atomic E-state index is -0.350. The number of thioether (sulfide) groups is 1. The van der Waals surface area contributed by atoms with E-state index in [4.69, 9.17) is 12.2 Å². The number of phenols is 1. The summed E-state index contributed by atoms with van der Waals surface area (Å²) in [6.45, 7) is 3.61. The van der Waals surface area contributed by atoms with Gasteiger partial charge in [0.2, 0.25) is 5.91 Å². The predicted octanol–water partition coefficient (Wildman–Crippen LogP) is 3.85. The van der Waals surface area contributed by atoms with Crippen molar-refractivity contribution in [3.63, 3.8) is 0 Å². The van der Waals surface area contributed by atoms with E-state index in [1.165, 1.54) is 22.7 Å². The highest BCUT2D eigenvalue weighted by atomic mass is 32.2. The summed E-state index contributed by atoms with van der Waals surface area (Å²) in [6.07, 6.45) is 1.79. The fraction of sp³-hybridized carbons (Fsp3) is 0.150. The van der Waals surface area contributed by atoms with Crippen molar-refractivity contribution in [1.29, 1.82) is 0 Å². The van der Waals surface area contributed by atoms with Crippen LogP contribution in [0, 0.1) is 13.8 Å². The van der Waals surface area contributed by atoms with Gasteiger partial charge in [-0.2, -0.15) is 0 Å². The summed E-state index contributed by atoms with van der Waals surface area (Å²) in [5.74, 6) is -0.496. The van der Waals surface area contributed by atoms with Gasteiger partial charge in [-0.1, -0.05) is 53.8 Å². The van der Waals surface area contributed by atoms with Crippen LogP contribution >= 0.6 is 24.0 Å². The number of carbonyl (C=O) groups is 2. The van der Waals surface area contributed by atoms with Gasteiger partial charge in [-0.15, -0.1) is 0 Å². The number of carbonyl (C=O) groups excluding carboxylic acids is 2. The second-order valence-electron chi connectivity index (χ2n) is 6.23. The number of thiocarbonyl (C=S) groups is 1. The zero-order valence-corrected chi connectivity index (χ0v) is 16.5. The minimum absolute atomic E-state index is 0.128. The molecule has 0 bridgehead atoms. The summed E-state index contributed by atoms with van der Waals surface area (Å²) in [7, 11) is 0. The molecule has 0 spiro atoms. The number of phenolic OH excluding ortho intramolecular Hbond substituents is 1. The molecule has 138 valence electrons. The standard InChI is InChI=1S/C20H18N2O3S2/c1-12-4-3-5-14(8-12)10-17-19(25)22(20(26)27-17)11-18(24)21-16-7-6-15(23)9-13(16)2/h3-10,23H,11H2,1-2H3,(H,21,24)/b17-10-. The topological polar surface area (TPSA) is 69.6 Å². The van der Waals surface area contributed by atoms with Crippen molar-refractivity contribution in [3.05, 3.63) is 64.1 Å². The molecule has 0 atom stereocenters. The van der Waals surface area contributed by atoms with E-state index in [-0.39, 0.29) is 24.1 Å². The molecule has 1 fully saturated rings. The van der Waals surface area contributed by atoms with Crippen molar-refractivity contribution in [2.24, 2.45) is 0 Å². The molecule has 1 saturated heterocycles. The number of anilines is 1. The lowest BCUT2D eigenvalue weighted by Gasteiger charge is -2.15. The second-order valence-corrected chi connectivity index (χ2v) is 7.91. The van der Waals surface area contributed by atoms with E-state index in [9.17, 15) is 14.7 Å². The van der Waals surface area contributed by atoms with E-state index in [0.717, 1.165) is 16.7 Å². The zero-order valence-electron chi connectivity index (χ0n) is 14.9. The average molecular weight is 399 g/mol. The smallest absolute Gasteiger partial charge is 0.266 e. The van der Waals surface area contributed by atoms with Crippen LogP contribution in [0.4, 0.5) is 5.69 Å². The summed E-state index contributed by atoms with van der Waals surface area (Å²) in [5, 5.41) is 12.2. The number of hydrogen-bond donors (Lipinski definition) is 2. The molecule has 7 heteroatoms. The third-order valence-corrected chi connectivity index (χ3v) is 5.38. The average Bonchev–Trinajstić information content (AvgIpc) is 2.85. The zero-order chi connectivity index (χ0) is 19.6. The Hall–Kier alpha value is -2.64. The molecule has 0 saturated carbocycles. The van der Waals surface area contributed by atoms with E-state index in [0.29, 0.717) is 14.9 Å². The lowest BCUT2D eigenvalue weighted by Crippen LogP contribution is -2.36. The number of aryl methyl sites for hydroxylation is 2. The maximum Gasteiger partial charge on any atom is 0.266 e. The second kappa shape index (κ2) is 7.94. The Morgan fingerprint density at radius 2 is 2.04 bits per heavy atom. The highest BCUT2D eigenvalue weighted by Gasteiger charge is 2.33. The van der Waals surface area contributed by atoms with Crippen LogP contribution in [0.3, 0.4) is 0 Å². The summed E-state index contributed by atoms with van der Waals surface area (Å²) in [5.41, 5.74) is 3.33. The number of rotatable bonds is 4. The first kappa shape index (κ1) is 19.1. The van der Waals surface area contributed by atoms with Gasteiger partial charge in [-0.3, -0.25) is 14.5 Å². The molecule has 2 amide bonds. The molecule has 2 aromatic rings. The Balaban J connectivity index is 1.71. The Kier molecular flexibility index (Phi) is 5.62. The summed E-state index contributed by atoms with van der Waals surface area (Å²) < 4.78 is 0.358. The maximum atomic E-state index is 12.6. The molecule has 1 heterocycles. The molecular weight excluding hydrogens is 380 g/mol. The van der Waals surface area contributed by atoms with Crippen molar-refractivity contribution < 1.29 is 14.7 Å². The van der Waals surface area contributed by atoms with E-state index < -0.39 is 0 Å². The lowest BCUT2D eigenvalue weighted by atomic mass is 10.1. The van der Waals surface area contributed by atoms with Gasteiger partial charge in [0.25, 0.3) is 5.91 Å².